The van der Waals surface area contributed by atoms with Gasteiger partial charge in [-0.25, -0.2) is 4.39 Å². The second kappa shape index (κ2) is 10.9. The second-order valence-corrected chi connectivity index (χ2v) is 3.49. The van der Waals surface area contributed by atoms with Crippen LogP contribution in [0, 0.1) is 11.8 Å². The van der Waals surface area contributed by atoms with Crippen LogP contribution in [0.15, 0.2) is 0 Å². The summed E-state index contributed by atoms with van der Waals surface area (Å²) >= 11 is 0. The first kappa shape index (κ1) is 15.4. The molecule has 16 heavy (non-hydrogen) atoms. The minimum Gasteiger partial charge on any atom is -0.342 e. The number of ether oxygens (including phenoxy) is 2. The summed E-state index contributed by atoms with van der Waals surface area (Å²) in [6.45, 7) is 6.86. The predicted molar refractivity (Wildman–Crippen MR) is 63.9 cm³/mol. The van der Waals surface area contributed by atoms with Crippen LogP contribution in [0.1, 0.15) is 46.5 Å². The summed E-state index contributed by atoms with van der Waals surface area (Å²) in [5.41, 5.74) is 0. The predicted octanol–water partition coefficient (Wildman–Crippen LogP) is 3.31. The molecule has 3 heteroatoms. The first-order valence-electron chi connectivity index (χ1n) is 6.12. The lowest BCUT2D eigenvalue weighted by molar-refractivity contribution is -0.0971. The zero-order valence-corrected chi connectivity index (χ0v) is 10.6. The standard InChI is InChI=1S/C13H23FO2/c1-4-7-8-9-12(14)10-11-13(15-5-2)16-6-3/h12-13H,4-9H2,1-3H3/t12-/m0/s1. The van der Waals surface area contributed by atoms with Gasteiger partial charge in [0.25, 0.3) is 0 Å². The van der Waals surface area contributed by atoms with Crippen LogP contribution >= 0.6 is 0 Å². The number of unbranched alkanes of at least 4 members (excludes halogenated alkanes) is 2. The average Bonchev–Trinajstić information content (AvgIpc) is 2.27. The van der Waals surface area contributed by atoms with E-state index >= 15 is 0 Å². The largest absolute Gasteiger partial charge is 0.342 e. The first-order valence-corrected chi connectivity index (χ1v) is 6.12. The Balaban J connectivity index is 3.90. The maximum atomic E-state index is 13.3. The SMILES string of the molecule is CCCCC[C@H](F)C#CC(OCC)OCC. The quantitative estimate of drug-likeness (QED) is 0.362. The summed E-state index contributed by atoms with van der Waals surface area (Å²) in [5, 5.41) is 0. The summed E-state index contributed by atoms with van der Waals surface area (Å²) in [4.78, 5) is 0. The Hall–Kier alpha value is -0.590. The van der Waals surface area contributed by atoms with Gasteiger partial charge in [0.15, 0.2) is 6.17 Å². The molecule has 0 aromatic carbocycles. The van der Waals surface area contributed by atoms with E-state index in [1.165, 1.54) is 0 Å². The monoisotopic (exact) mass is 230 g/mol. The molecule has 1 atom stereocenters. The van der Waals surface area contributed by atoms with E-state index in [1.54, 1.807) is 0 Å². The van der Waals surface area contributed by atoms with Crippen molar-refractivity contribution in [2.75, 3.05) is 13.2 Å². The molecule has 0 aliphatic carbocycles. The van der Waals surface area contributed by atoms with Crippen molar-refractivity contribution in [3.8, 4) is 11.8 Å². The number of rotatable bonds is 8. The zero-order valence-electron chi connectivity index (χ0n) is 10.6. The normalized spacial score (nSPS) is 12.3. The molecule has 0 radical (unpaired) electrons. The van der Waals surface area contributed by atoms with E-state index in [9.17, 15) is 4.39 Å². The van der Waals surface area contributed by atoms with Crippen LogP contribution in [0.25, 0.3) is 0 Å². The van der Waals surface area contributed by atoms with Gasteiger partial charge in [0.2, 0.25) is 6.29 Å². The molecule has 0 saturated carbocycles. The molecule has 0 N–H and O–H groups in total. The lowest BCUT2D eigenvalue weighted by atomic mass is 10.1. The highest BCUT2D eigenvalue weighted by molar-refractivity contribution is 5.07. The number of halogens is 1. The van der Waals surface area contributed by atoms with Crippen LogP contribution in [-0.2, 0) is 9.47 Å². The fourth-order valence-electron chi connectivity index (χ4n) is 1.24. The van der Waals surface area contributed by atoms with Gasteiger partial charge >= 0.3 is 0 Å². The van der Waals surface area contributed by atoms with Gasteiger partial charge in [-0.05, 0) is 32.6 Å². The molecule has 0 amide bonds. The number of hydrogen-bond acceptors (Lipinski definition) is 2. The Morgan fingerprint density at radius 3 is 2.12 bits per heavy atom. The van der Waals surface area contributed by atoms with Crippen LogP contribution in [0.3, 0.4) is 0 Å². The molecular weight excluding hydrogens is 207 g/mol. The molecule has 0 spiro atoms. The smallest absolute Gasteiger partial charge is 0.222 e. The van der Waals surface area contributed by atoms with Gasteiger partial charge in [0, 0.05) is 13.2 Å². The van der Waals surface area contributed by atoms with Gasteiger partial charge in [-0.15, -0.1) is 0 Å². The van der Waals surface area contributed by atoms with Crippen LogP contribution in [0.2, 0.25) is 0 Å². The van der Waals surface area contributed by atoms with Crippen LogP contribution in [0.5, 0.6) is 0 Å². The molecular formula is C13H23FO2. The molecule has 0 aliphatic rings. The zero-order chi connectivity index (χ0) is 12.2. The number of alkyl halides is 1. The van der Waals surface area contributed by atoms with Crippen molar-refractivity contribution < 1.29 is 13.9 Å². The van der Waals surface area contributed by atoms with Gasteiger partial charge in [-0.3, -0.25) is 0 Å². The van der Waals surface area contributed by atoms with Crippen LogP contribution in [0.4, 0.5) is 4.39 Å². The highest BCUT2D eigenvalue weighted by atomic mass is 19.1. The molecule has 0 aromatic heterocycles. The summed E-state index contributed by atoms with van der Waals surface area (Å²) in [7, 11) is 0. The van der Waals surface area contributed by atoms with E-state index in [4.69, 9.17) is 9.47 Å². The highest BCUT2D eigenvalue weighted by Gasteiger charge is 2.04. The van der Waals surface area contributed by atoms with Crippen molar-refractivity contribution in [3.05, 3.63) is 0 Å². The third-order valence-corrected chi connectivity index (χ3v) is 2.06. The molecule has 0 aromatic rings. The first-order chi connectivity index (χ1) is 7.74. The molecule has 0 heterocycles. The van der Waals surface area contributed by atoms with Crippen molar-refractivity contribution in [2.24, 2.45) is 0 Å². The van der Waals surface area contributed by atoms with Gasteiger partial charge < -0.3 is 9.47 Å². The van der Waals surface area contributed by atoms with Crippen molar-refractivity contribution in [1.29, 1.82) is 0 Å². The lowest BCUT2D eigenvalue weighted by Crippen LogP contribution is -2.15. The second-order valence-electron chi connectivity index (χ2n) is 3.49. The van der Waals surface area contributed by atoms with Gasteiger partial charge in [0.05, 0.1) is 0 Å². The summed E-state index contributed by atoms with van der Waals surface area (Å²) in [6, 6.07) is 0. The van der Waals surface area contributed by atoms with E-state index in [1.807, 2.05) is 13.8 Å². The third-order valence-electron chi connectivity index (χ3n) is 2.06. The number of hydrogen-bond donors (Lipinski definition) is 0. The molecule has 0 saturated heterocycles. The molecule has 0 unspecified atom stereocenters. The van der Waals surface area contributed by atoms with Crippen LogP contribution in [-0.4, -0.2) is 25.7 Å². The fourth-order valence-corrected chi connectivity index (χ4v) is 1.24. The van der Waals surface area contributed by atoms with E-state index in [2.05, 4.69) is 18.8 Å². The summed E-state index contributed by atoms with van der Waals surface area (Å²) in [5.74, 6) is 5.22. The average molecular weight is 230 g/mol. The molecule has 0 rings (SSSR count). The van der Waals surface area contributed by atoms with Crippen molar-refractivity contribution in [2.45, 2.75) is 58.9 Å². The molecule has 94 valence electrons. The molecule has 0 fully saturated rings. The summed E-state index contributed by atoms with van der Waals surface area (Å²) in [6.07, 6.45) is 1.91. The van der Waals surface area contributed by atoms with Gasteiger partial charge in [-0.1, -0.05) is 25.7 Å². The molecule has 0 aliphatic heterocycles. The van der Waals surface area contributed by atoms with Gasteiger partial charge in [-0.2, -0.15) is 0 Å². The lowest BCUT2D eigenvalue weighted by Gasteiger charge is -2.09. The van der Waals surface area contributed by atoms with E-state index in [-0.39, 0.29) is 0 Å². The maximum absolute atomic E-state index is 13.3. The fraction of sp³-hybridized carbons (Fsp3) is 0.846. The van der Waals surface area contributed by atoms with Crippen molar-refractivity contribution in [3.63, 3.8) is 0 Å². The van der Waals surface area contributed by atoms with E-state index < -0.39 is 12.5 Å². The minimum absolute atomic E-state index is 0.506. The van der Waals surface area contributed by atoms with E-state index in [0.717, 1.165) is 19.3 Å². The van der Waals surface area contributed by atoms with Gasteiger partial charge in [0.1, 0.15) is 0 Å². The highest BCUT2D eigenvalue weighted by Crippen LogP contribution is 2.05. The Bertz CT molecular complexity index is 202. The van der Waals surface area contributed by atoms with E-state index in [0.29, 0.717) is 19.6 Å². The van der Waals surface area contributed by atoms with Crippen LogP contribution < -0.4 is 0 Å². The summed E-state index contributed by atoms with van der Waals surface area (Å²) < 4.78 is 23.7. The Kier molecular flexibility index (Phi) is 10.5. The Morgan fingerprint density at radius 2 is 1.62 bits per heavy atom. The van der Waals surface area contributed by atoms with Crippen molar-refractivity contribution in [1.82, 2.24) is 0 Å². The van der Waals surface area contributed by atoms with Crippen molar-refractivity contribution >= 4 is 0 Å². The topological polar surface area (TPSA) is 18.5 Å². The Morgan fingerprint density at radius 1 is 1.00 bits per heavy atom. The molecule has 0 bridgehead atoms. The maximum Gasteiger partial charge on any atom is 0.222 e. The third kappa shape index (κ3) is 8.70. The minimum atomic E-state index is -1.06. The Labute approximate surface area is 98.5 Å². The molecule has 2 nitrogen and oxygen atoms in total.